The standard InChI is InChI=1S/C29H39FN2O3/c1-20-8-5-9-21(16-20)27-25(11-6-12-26(27)30)29(34,13-3-4-15-35-2)23-10-7-14-32(19-23)28(33)24-17-22(24)18-31/h5-6,8-9,11-12,16,22-24,34H,3-4,7,10,13-15,17-19,31H2,1-2H3/t22-,23?,24+,29-/m0/s1. The van der Waals surface area contributed by atoms with E-state index in [2.05, 4.69) is 0 Å². The molecule has 2 aliphatic rings. The summed E-state index contributed by atoms with van der Waals surface area (Å²) in [6.45, 7) is 4.33. The number of nitrogens with zero attached hydrogens (tertiary/aromatic N) is 1. The first-order valence-corrected chi connectivity index (χ1v) is 12.9. The van der Waals surface area contributed by atoms with Crippen molar-refractivity contribution in [1.82, 2.24) is 4.90 Å². The van der Waals surface area contributed by atoms with Gasteiger partial charge in [0.1, 0.15) is 5.82 Å². The number of carbonyl (C=O) groups is 1. The summed E-state index contributed by atoms with van der Waals surface area (Å²) in [4.78, 5) is 15.0. The molecular formula is C29H39FN2O3. The second-order valence-corrected chi connectivity index (χ2v) is 10.4. The van der Waals surface area contributed by atoms with E-state index in [0.717, 1.165) is 43.2 Å². The van der Waals surface area contributed by atoms with Crippen LogP contribution in [0.3, 0.4) is 0 Å². The molecule has 0 spiro atoms. The number of ether oxygens (including phenoxy) is 1. The van der Waals surface area contributed by atoms with E-state index in [1.165, 1.54) is 6.07 Å². The Balaban J connectivity index is 1.69. The van der Waals surface area contributed by atoms with Crippen molar-refractivity contribution in [2.24, 2.45) is 23.5 Å². The van der Waals surface area contributed by atoms with Crippen LogP contribution in [-0.2, 0) is 15.1 Å². The van der Waals surface area contributed by atoms with Crippen molar-refractivity contribution in [3.8, 4) is 11.1 Å². The summed E-state index contributed by atoms with van der Waals surface area (Å²) in [6.07, 6.45) is 4.52. The van der Waals surface area contributed by atoms with Gasteiger partial charge in [-0.05, 0) is 75.1 Å². The lowest BCUT2D eigenvalue weighted by Gasteiger charge is -2.44. The third-order valence-corrected chi connectivity index (χ3v) is 7.89. The predicted molar refractivity (Wildman–Crippen MR) is 136 cm³/mol. The smallest absolute Gasteiger partial charge is 0.226 e. The van der Waals surface area contributed by atoms with Crippen LogP contribution in [0.15, 0.2) is 42.5 Å². The lowest BCUT2D eigenvalue weighted by atomic mass is 9.72. The Kier molecular flexibility index (Phi) is 8.25. The zero-order chi connectivity index (χ0) is 25.0. The number of aryl methyl sites for hydroxylation is 1. The second kappa shape index (κ2) is 11.2. The Morgan fingerprint density at radius 1 is 1.26 bits per heavy atom. The molecule has 1 heterocycles. The van der Waals surface area contributed by atoms with Crippen molar-refractivity contribution < 1.29 is 19.0 Å². The number of halogens is 1. The van der Waals surface area contributed by atoms with Gasteiger partial charge in [-0.15, -0.1) is 0 Å². The Morgan fingerprint density at radius 2 is 2.06 bits per heavy atom. The number of amides is 1. The van der Waals surface area contributed by atoms with Gasteiger partial charge in [0.2, 0.25) is 5.91 Å². The van der Waals surface area contributed by atoms with Crippen molar-refractivity contribution in [3.05, 3.63) is 59.4 Å². The minimum atomic E-state index is -1.26. The number of nitrogens with two attached hydrogens (primary N) is 1. The van der Waals surface area contributed by atoms with Gasteiger partial charge in [-0.2, -0.15) is 0 Å². The van der Waals surface area contributed by atoms with E-state index in [-0.39, 0.29) is 29.5 Å². The monoisotopic (exact) mass is 482 g/mol. The van der Waals surface area contributed by atoms with Crippen LogP contribution in [0.2, 0.25) is 0 Å². The van der Waals surface area contributed by atoms with Crippen LogP contribution in [0.4, 0.5) is 4.39 Å². The van der Waals surface area contributed by atoms with Crippen LogP contribution in [0.5, 0.6) is 0 Å². The first kappa shape index (κ1) is 25.8. The van der Waals surface area contributed by atoms with Gasteiger partial charge in [0, 0.05) is 44.2 Å². The first-order chi connectivity index (χ1) is 16.9. The highest BCUT2D eigenvalue weighted by Gasteiger charge is 2.47. The van der Waals surface area contributed by atoms with E-state index in [0.29, 0.717) is 43.8 Å². The van der Waals surface area contributed by atoms with Gasteiger partial charge in [-0.3, -0.25) is 4.79 Å². The van der Waals surface area contributed by atoms with Gasteiger partial charge in [0.05, 0.1) is 5.60 Å². The van der Waals surface area contributed by atoms with E-state index in [9.17, 15) is 9.90 Å². The zero-order valence-electron chi connectivity index (χ0n) is 21.0. The van der Waals surface area contributed by atoms with Gasteiger partial charge < -0.3 is 20.5 Å². The molecule has 2 aromatic carbocycles. The maximum Gasteiger partial charge on any atom is 0.226 e. The Labute approximate surface area is 208 Å². The molecule has 1 aliphatic heterocycles. The fraction of sp³-hybridized carbons (Fsp3) is 0.552. The van der Waals surface area contributed by atoms with E-state index in [4.69, 9.17) is 10.5 Å². The molecule has 1 aliphatic carbocycles. The van der Waals surface area contributed by atoms with Gasteiger partial charge in [0.25, 0.3) is 0 Å². The average molecular weight is 483 g/mol. The second-order valence-electron chi connectivity index (χ2n) is 10.4. The number of unbranched alkanes of at least 4 members (excludes halogenated alkanes) is 1. The molecule has 35 heavy (non-hydrogen) atoms. The van der Waals surface area contributed by atoms with Crippen LogP contribution in [-0.4, -0.2) is 49.3 Å². The van der Waals surface area contributed by atoms with E-state index in [1.54, 1.807) is 13.2 Å². The van der Waals surface area contributed by atoms with Crippen LogP contribution < -0.4 is 5.73 Å². The molecule has 3 N–H and O–H groups in total. The number of hydrogen-bond acceptors (Lipinski definition) is 4. The summed E-state index contributed by atoms with van der Waals surface area (Å²) in [6, 6.07) is 12.8. The van der Waals surface area contributed by atoms with Crippen molar-refractivity contribution in [2.75, 3.05) is 33.4 Å². The summed E-state index contributed by atoms with van der Waals surface area (Å²) >= 11 is 0. The number of hydrogen-bond donors (Lipinski definition) is 2. The van der Waals surface area contributed by atoms with Crippen LogP contribution in [0.25, 0.3) is 11.1 Å². The number of rotatable bonds is 10. The number of aliphatic hydroxyl groups is 1. The highest BCUT2D eigenvalue weighted by atomic mass is 19.1. The number of methoxy groups -OCH3 is 1. The third-order valence-electron chi connectivity index (χ3n) is 7.89. The van der Waals surface area contributed by atoms with E-state index >= 15 is 4.39 Å². The summed E-state index contributed by atoms with van der Waals surface area (Å²) in [5.74, 6) is -0.0540. The quantitative estimate of drug-likeness (QED) is 0.484. The molecule has 190 valence electrons. The van der Waals surface area contributed by atoms with Gasteiger partial charge >= 0.3 is 0 Å². The SMILES string of the molecule is COCCCC[C@@](O)(c1cccc(F)c1-c1cccc(C)c1)C1CCCN(C(=O)[C@@H]2C[C@H]2CN)C1. The molecule has 2 aromatic rings. The molecule has 5 nitrogen and oxygen atoms in total. The van der Waals surface area contributed by atoms with Crippen LogP contribution >= 0.6 is 0 Å². The topological polar surface area (TPSA) is 75.8 Å². The normalized spacial score (nSPS) is 23.7. The predicted octanol–water partition coefficient (Wildman–Crippen LogP) is 4.64. The molecule has 1 amide bonds. The zero-order valence-corrected chi connectivity index (χ0v) is 21.0. The first-order valence-electron chi connectivity index (χ1n) is 12.9. The molecule has 1 saturated heterocycles. The maximum absolute atomic E-state index is 15.4. The molecule has 4 rings (SSSR count). The van der Waals surface area contributed by atoms with Gasteiger partial charge in [-0.1, -0.05) is 42.0 Å². The van der Waals surface area contributed by atoms with Crippen LogP contribution in [0.1, 0.15) is 49.7 Å². The van der Waals surface area contributed by atoms with Crippen molar-refractivity contribution >= 4 is 5.91 Å². The summed E-state index contributed by atoms with van der Waals surface area (Å²) < 4.78 is 20.6. The Hall–Kier alpha value is -2.28. The highest BCUT2D eigenvalue weighted by Crippen LogP contribution is 2.46. The fourth-order valence-electron chi connectivity index (χ4n) is 5.79. The average Bonchev–Trinajstić information content (AvgIpc) is 3.66. The third kappa shape index (κ3) is 5.60. The molecule has 1 saturated carbocycles. The minimum Gasteiger partial charge on any atom is -0.385 e. The molecule has 6 heteroatoms. The number of likely N-dealkylation sites (tertiary alicyclic amines) is 1. The molecule has 4 atom stereocenters. The molecule has 0 bridgehead atoms. The number of piperidine rings is 1. The van der Waals surface area contributed by atoms with Gasteiger partial charge in [-0.25, -0.2) is 4.39 Å². The van der Waals surface area contributed by atoms with Crippen molar-refractivity contribution in [2.45, 2.75) is 51.0 Å². The molecule has 2 fully saturated rings. The molecule has 0 aromatic heterocycles. The number of carbonyl (C=O) groups excluding carboxylic acids is 1. The minimum absolute atomic E-state index is 0.0190. The Bertz CT molecular complexity index is 1030. The number of benzene rings is 2. The Morgan fingerprint density at radius 3 is 2.77 bits per heavy atom. The summed E-state index contributed by atoms with van der Waals surface area (Å²) in [7, 11) is 1.67. The van der Waals surface area contributed by atoms with E-state index < -0.39 is 5.60 Å². The van der Waals surface area contributed by atoms with Gasteiger partial charge in [0.15, 0.2) is 0 Å². The highest BCUT2D eigenvalue weighted by molar-refractivity contribution is 5.82. The van der Waals surface area contributed by atoms with Crippen molar-refractivity contribution in [1.29, 1.82) is 0 Å². The lowest BCUT2D eigenvalue weighted by molar-refractivity contribution is -0.138. The van der Waals surface area contributed by atoms with Crippen LogP contribution in [0, 0.1) is 30.5 Å². The lowest BCUT2D eigenvalue weighted by Crippen LogP contribution is -2.49. The largest absolute Gasteiger partial charge is 0.385 e. The maximum atomic E-state index is 15.4. The van der Waals surface area contributed by atoms with Crippen molar-refractivity contribution in [3.63, 3.8) is 0 Å². The molecule has 1 unspecified atom stereocenters. The summed E-state index contributed by atoms with van der Waals surface area (Å²) in [5, 5.41) is 12.4. The van der Waals surface area contributed by atoms with E-state index in [1.807, 2.05) is 42.2 Å². The fourth-order valence-corrected chi connectivity index (χ4v) is 5.79. The summed E-state index contributed by atoms with van der Waals surface area (Å²) in [5.41, 5.74) is 7.40. The molecular weight excluding hydrogens is 443 g/mol. The molecule has 0 radical (unpaired) electrons.